The maximum Gasteiger partial charge on any atom is 0.115 e. The molecule has 0 aliphatic heterocycles. The number of hydrogen-bond acceptors (Lipinski definition) is 3. The van der Waals surface area contributed by atoms with Crippen LogP contribution in [-0.4, -0.2) is 11.3 Å². The monoisotopic (exact) mass is 86.0 g/mol. The maximum atomic E-state index is 8.11. The molecule has 1 atom stereocenters. The van der Waals surface area contributed by atoms with Crippen LogP contribution in [0.3, 0.4) is 0 Å². The Bertz CT molecular complexity index is 63.7. The van der Waals surface area contributed by atoms with E-state index in [0.717, 1.165) is 0 Å². The summed E-state index contributed by atoms with van der Waals surface area (Å²) in [7, 11) is 0. The van der Waals surface area contributed by atoms with Gasteiger partial charge in [-0.15, -0.1) is 0 Å². The van der Waals surface area contributed by atoms with E-state index in [-0.39, 0.29) is 6.42 Å². The fraction of sp³-hybridized carbons (Fsp3) is 0.667. The van der Waals surface area contributed by atoms with Crippen molar-refractivity contribution in [2.24, 2.45) is 5.73 Å². The second-order valence-corrected chi connectivity index (χ2v) is 0.930. The lowest BCUT2D eigenvalue weighted by atomic mass is 10.4. The van der Waals surface area contributed by atoms with Crippen molar-refractivity contribution >= 4 is 0 Å². The van der Waals surface area contributed by atoms with Crippen molar-refractivity contribution in [1.29, 1.82) is 5.26 Å². The van der Waals surface area contributed by atoms with Gasteiger partial charge in [-0.1, -0.05) is 0 Å². The predicted molar refractivity (Wildman–Crippen MR) is 20.4 cm³/mol. The zero-order valence-corrected chi connectivity index (χ0v) is 3.26. The molecule has 0 aromatic heterocycles. The number of nitriles is 1. The van der Waals surface area contributed by atoms with Crippen LogP contribution in [0.5, 0.6) is 0 Å². The normalized spacial score (nSPS) is 12.8. The summed E-state index contributed by atoms with van der Waals surface area (Å²) < 4.78 is 0. The Labute approximate surface area is 36.0 Å². The van der Waals surface area contributed by atoms with E-state index in [4.69, 9.17) is 16.1 Å². The molecule has 0 aliphatic rings. The van der Waals surface area contributed by atoms with Gasteiger partial charge >= 0.3 is 0 Å². The van der Waals surface area contributed by atoms with E-state index in [1.54, 1.807) is 6.07 Å². The Kier molecular flexibility index (Phi) is 2.38. The van der Waals surface area contributed by atoms with Gasteiger partial charge in [0.1, 0.15) is 6.23 Å². The standard InChI is InChI=1S/C3H6N2O/c4-2-1-3(5)6/h3,6H,1,5H2. The van der Waals surface area contributed by atoms with Crippen LogP contribution in [0.15, 0.2) is 0 Å². The van der Waals surface area contributed by atoms with Crippen LogP contribution in [-0.2, 0) is 0 Å². The number of aliphatic hydroxyl groups is 1. The number of aliphatic hydroxyl groups excluding tert-OH is 1. The molecule has 0 aliphatic carbocycles. The third-order valence-electron chi connectivity index (χ3n) is 0.300. The minimum absolute atomic E-state index is 0.0139. The fourth-order valence-corrected chi connectivity index (χ4v) is 0.0935. The topological polar surface area (TPSA) is 70.0 Å². The highest BCUT2D eigenvalue weighted by Crippen LogP contribution is 1.73. The molecule has 0 bridgehead atoms. The van der Waals surface area contributed by atoms with Gasteiger partial charge < -0.3 is 10.8 Å². The van der Waals surface area contributed by atoms with Crippen molar-refractivity contribution in [3.8, 4) is 6.07 Å². The summed E-state index contributed by atoms with van der Waals surface area (Å²) in [6.45, 7) is 0. The van der Waals surface area contributed by atoms with E-state index < -0.39 is 6.23 Å². The summed E-state index contributed by atoms with van der Waals surface area (Å²) in [5, 5.41) is 15.9. The van der Waals surface area contributed by atoms with Gasteiger partial charge in [-0.05, 0) is 0 Å². The summed E-state index contributed by atoms with van der Waals surface area (Å²) in [6.07, 6.45) is -0.949. The van der Waals surface area contributed by atoms with E-state index in [9.17, 15) is 0 Å². The van der Waals surface area contributed by atoms with Crippen molar-refractivity contribution in [1.82, 2.24) is 0 Å². The van der Waals surface area contributed by atoms with Crippen LogP contribution in [0.4, 0.5) is 0 Å². The largest absolute Gasteiger partial charge is 0.378 e. The minimum atomic E-state index is -0.963. The average Bonchev–Trinajstić information content (AvgIpc) is 1.35. The molecule has 0 aromatic rings. The zero-order valence-electron chi connectivity index (χ0n) is 3.26. The van der Waals surface area contributed by atoms with Crippen molar-refractivity contribution in [2.45, 2.75) is 12.6 Å². The van der Waals surface area contributed by atoms with Crippen molar-refractivity contribution in [2.75, 3.05) is 0 Å². The van der Waals surface area contributed by atoms with Gasteiger partial charge in [0.05, 0.1) is 12.5 Å². The lowest BCUT2D eigenvalue weighted by molar-refractivity contribution is 0.188. The minimum Gasteiger partial charge on any atom is -0.378 e. The van der Waals surface area contributed by atoms with Crippen LogP contribution < -0.4 is 5.73 Å². The number of hydrogen-bond donors (Lipinski definition) is 2. The van der Waals surface area contributed by atoms with Crippen LogP contribution in [0.2, 0.25) is 0 Å². The Hall–Kier alpha value is -0.590. The summed E-state index contributed by atoms with van der Waals surface area (Å²) in [5.41, 5.74) is 4.74. The number of nitrogens with two attached hydrogens (primary N) is 1. The Morgan fingerprint density at radius 1 is 2.00 bits per heavy atom. The molecule has 0 fully saturated rings. The molecule has 3 heteroatoms. The predicted octanol–water partition coefficient (Wildman–Crippen LogP) is -0.823. The first-order valence-electron chi connectivity index (χ1n) is 1.58. The Morgan fingerprint density at radius 2 is 2.50 bits per heavy atom. The first kappa shape index (κ1) is 5.41. The molecule has 3 N–H and O–H groups in total. The average molecular weight is 86.1 g/mol. The Balaban J connectivity index is 2.88. The van der Waals surface area contributed by atoms with Crippen LogP contribution >= 0.6 is 0 Å². The van der Waals surface area contributed by atoms with Gasteiger partial charge in [0.15, 0.2) is 0 Å². The van der Waals surface area contributed by atoms with E-state index >= 15 is 0 Å². The lowest BCUT2D eigenvalue weighted by Gasteiger charge is -1.89. The van der Waals surface area contributed by atoms with Crippen molar-refractivity contribution in [3.63, 3.8) is 0 Å². The van der Waals surface area contributed by atoms with Gasteiger partial charge in [-0.3, -0.25) is 0 Å². The van der Waals surface area contributed by atoms with Crippen LogP contribution in [0.25, 0.3) is 0 Å². The highest BCUT2D eigenvalue weighted by molar-refractivity contribution is 4.70. The summed E-state index contributed by atoms with van der Waals surface area (Å²) in [5.74, 6) is 0. The smallest absolute Gasteiger partial charge is 0.115 e. The second-order valence-electron chi connectivity index (χ2n) is 0.930. The van der Waals surface area contributed by atoms with Gasteiger partial charge in [-0.25, -0.2) is 0 Å². The third kappa shape index (κ3) is 3.41. The molecular weight excluding hydrogens is 80.0 g/mol. The van der Waals surface area contributed by atoms with E-state index in [0.29, 0.717) is 0 Å². The molecule has 6 heavy (non-hydrogen) atoms. The SMILES string of the molecule is N#CCC(N)O. The molecule has 0 saturated heterocycles. The Morgan fingerprint density at radius 3 is 2.50 bits per heavy atom. The maximum absolute atomic E-state index is 8.11. The van der Waals surface area contributed by atoms with Gasteiger partial charge in [-0.2, -0.15) is 5.26 Å². The highest BCUT2D eigenvalue weighted by atomic mass is 16.3. The second kappa shape index (κ2) is 2.64. The van der Waals surface area contributed by atoms with Gasteiger partial charge in [0.2, 0.25) is 0 Å². The molecule has 0 radical (unpaired) electrons. The molecule has 0 amide bonds. The molecule has 0 rings (SSSR count). The van der Waals surface area contributed by atoms with E-state index in [2.05, 4.69) is 0 Å². The van der Waals surface area contributed by atoms with E-state index in [1.165, 1.54) is 0 Å². The molecule has 0 saturated carbocycles. The first-order valence-corrected chi connectivity index (χ1v) is 1.58. The summed E-state index contributed by atoms with van der Waals surface area (Å²) in [6, 6.07) is 1.69. The molecular formula is C3H6N2O. The summed E-state index contributed by atoms with van der Waals surface area (Å²) in [4.78, 5) is 0. The van der Waals surface area contributed by atoms with Gasteiger partial charge in [0, 0.05) is 0 Å². The molecule has 1 unspecified atom stereocenters. The molecule has 0 spiro atoms. The van der Waals surface area contributed by atoms with Crippen LogP contribution in [0, 0.1) is 11.3 Å². The number of rotatable bonds is 1. The third-order valence-corrected chi connectivity index (χ3v) is 0.300. The lowest BCUT2D eigenvalue weighted by Crippen LogP contribution is -2.16. The molecule has 0 heterocycles. The zero-order chi connectivity index (χ0) is 4.99. The molecule has 0 aromatic carbocycles. The van der Waals surface area contributed by atoms with Gasteiger partial charge in [0.25, 0.3) is 0 Å². The number of nitrogens with zero attached hydrogens (tertiary/aromatic N) is 1. The van der Waals surface area contributed by atoms with E-state index in [1.807, 2.05) is 0 Å². The quantitative estimate of drug-likeness (QED) is 0.409. The van der Waals surface area contributed by atoms with Crippen molar-refractivity contribution in [3.05, 3.63) is 0 Å². The van der Waals surface area contributed by atoms with Crippen molar-refractivity contribution < 1.29 is 5.11 Å². The molecule has 34 valence electrons. The first-order chi connectivity index (χ1) is 2.77. The highest BCUT2D eigenvalue weighted by Gasteiger charge is 1.87. The van der Waals surface area contributed by atoms with Crippen LogP contribution in [0.1, 0.15) is 6.42 Å². The molecule has 3 nitrogen and oxygen atoms in total. The summed E-state index contributed by atoms with van der Waals surface area (Å²) >= 11 is 0. The fourth-order valence-electron chi connectivity index (χ4n) is 0.0935.